The van der Waals surface area contributed by atoms with E-state index in [-0.39, 0.29) is 18.4 Å². The third-order valence-electron chi connectivity index (χ3n) is 5.59. The first-order chi connectivity index (χ1) is 15.1. The predicted octanol–water partition coefficient (Wildman–Crippen LogP) is 3.30. The number of likely N-dealkylation sites (tertiary alicyclic amines) is 1. The third-order valence-corrected chi connectivity index (χ3v) is 5.59. The van der Waals surface area contributed by atoms with Crippen molar-refractivity contribution in [1.29, 1.82) is 0 Å². The summed E-state index contributed by atoms with van der Waals surface area (Å²) in [7, 11) is 0. The summed E-state index contributed by atoms with van der Waals surface area (Å²) in [5.41, 5.74) is 1.53. The number of piperidine rings is 1. The molecule has 7 nitrogen and oxygen atoms in total. The van der Waals surface area contributed by atoms with Gasteiger partial charge in [0.25, 0.3) is 5.91 Å². The highest BCUT2D eigenvalue weighted by Gasteiger charge is 2.34. The number of rotatable bonds is 6. The molecular formula is C24H29N3O4. The number of fused-ring (bicyclic) bond motifs is 1. The minimum atomic E-state index is -0.605. The van der Waals surface area contributed by atoms with E-state index in [2.05, 4.69) is 5.32 Å². The van der Waals surface area contributed by atoms with Crippen LogP contribution in [0.3, 0.4) is 0 Å². The monoisotopic (exact) mass is 423 g/mol. The zero-order valence-electron chi connectivity index (χ0n) is 17.9. The molecule has 0 bridgehead atoms. The van der Waals surface area contributed by atoms with Gasteiger partial charge in [0.15, 0.2) is 6.10 Å². The van der Waals surface area contributed by atoms with Crippen molar-refractivity contribution in [2.45, 2.75) is 32.3 Å². The van der Waals surface area contributed by atoms with E-state index in [1.807, 2.05) is 65.3 Å². The van der Waals surface area contributed by atoms with Gasteiger partial charge in [-0.15, -0.1) is 0 Å². The molecule has 1 saturated heterocycles. The fraction of sp³-hybridized carbons (Fsp3) is 0.417. The molecule has 0 aromatic heterocycles. The summed E-state index contributed by atoms with van der Waals surface area (Å²) in [6, 6.07) is 14.9. The van der Waals surface area contributed by atoms with Crippen molar-refractivity contribution >= 4 is 23.2 Å². The normalized spacial score (nSPS) is 18.0. The van der Waals surface area contributed by atoms with Crippen LogP contribution >= 0.6 is 0 Å². The Morgan fingerprint density at radius 3 is 2.55 bits per heavy atom. The molecule has 2 aliphatic heterocycles. The Morgan fingerprint density at radius 2 is 1.81 bits per heavy atom. The van der Waals surface area contributed by atoms with Gasteiger partial charge >= 0.3 is 0 Å². The largest absolute Gasteiger partial charge is 0.494 e. The second kappa shape index (κ2) is 9.73. The lowest BCUT2D eigenvalue weighted by Crippen LogP contribution is -2.52. The molecule has 2 heterocycles. The highest BCUT2D eigenvalue weighted by Crippen LogP contribution is 2.33. The maximum Gasteiger partial charge on any atom is 0.265 e. The number of amides is 2. The molecule has 164 valence electrons. The van der Waals surface area contributed by atoms with Gasteiger partial charge in [-0.2, -0.15) is 0 Å². The van der Waals surface area contributed by atoms with Gasteiger partial charge in [-0.3, -0.25) is 9.59 Å². The number of carbonyl (C=O) groups excluding carboxylic acids is 2. The molecule has 0 spiro atoms. The second-order valence-electron chi connectivity index (χ2n) is 7.85. The topological polar surface area (TPSA) is 71.1 Å². The Labute approximate surface area is 182 Å². The van der Waals surface area contributed by atoms with Gasteiger partial charge in [0.2, 0.25) is 5.91 Å². The van der Waals surface area contributed by atoms with Gasteiger partial charge in [0.1, 0.15) is 11.5 Å². The number of nitrogens with one attached hydrogen (secondary N) is 1. The Bertz CT molecular complexity index is 909. The Kier molecular flexibility index (Phi) is 6.60. The molecule has 2 aliphatic rings. The van der Waals surface area contributed by atoms with Crippen molar-refractivity contribution in [1.82, 2.24) is 4.90 Å². The lowest BCUT2D eigenvalue weighted by molar-refractivity contribution is -0.139. The Morgan fingerprint density at radius 1 is 1.06 bits per heavy atom. The Balaban J connectivity index is 1.44. The lowest BCUT2D eigenvalue weighted by Gasteiger charge is -2.38. The Hall–Kier alpha value is -3.22. The summed E-state index contributed by atoms with van der Waals surface area (Å²) in [5.74, 6) is 1.26. The van der Waals surface area contributed by atoms with Crippen molar-refractivity contribution in [2.75, 3.05) is 43.0 Å². The molecule has 7 heteroatoms. The molecule has 1 N–H and O–H groups in total. The first kappa shape index (κ1) is 21.0. The highest BCUT2D eigenvalue weighted by atomic mass is 16.5. The number of hydrogen-bond acceptors (Lipinski definition) is 5. The van der Waals surface area contributed by atoms with E-state index in [4.69, 9.17) is 9.47 Å². The van der Waals surface area contributed by atoms with Crippen LogP contribution in [0.4, 0.5) is 11.4 Å². The summed E-state index contributed by atoms with van der Waals surface area (Å²) < 4.78 is 11.5. The molecule has 2 aromatic rings. The van der Waals surface area contributed by atoms with E-state index in [1.54, 1.807) is 0 Å². The van der Waals surface area contributed by atoms with Crippen LogP contribution in [0.25, 0.3) is 0 Å². The number of ether oxygens (including phenoxy) is 2. The van der Waals surface area contributed by atoms with Crippen LogP contribution in [0.15, 0.2) is 48.5 Å². The molecule has 1 atom stereocenters. The first-order valence-electron chi connectivity index (χ1n) is 11.0. The third kappa shape index (κ3) is 5.10. The van der Waals surface area contributed by atoms with Crippen LogP contribution in [-0.2, 0) is 9.59 Å². The van der Waals surface area contributed by atoms with E-state index < -0.39 is 6.10 Å². The van der Waals surface area contributed by atoms with Crippen LogP contribution in [-0.4, -0.2) is 55.6 Å². The summed E-state index contributed by atoms with van der Waals surface area (Å²) >= 11 is 0. The lowest BCUT2D eigenvalue weighted by atomic mass is 10.1. The quantitative estimate of drug-likeness (QED) is 0.772. The summed E-state index contributed by atoms with van der Waals surface area (Å²) in [6.45, 7) is 4.57. The van der Waals surface area contributed by atoms with E-state index >= 15 is 0 Å². The van der Waals surface area contributed by atoms with E-state index in [1.165, 1.54) is 0 Å². The number of benzene rings is 2. The van der Waals surface area contributed by atoms with Crippen molar-refractivity contribution < 1.29 is 19.1 Å². The molecule has 2 amide bonds. The number of nitrogens with zero attached hydrogens (tertiary/aromatic N) is 2. The number of anilines is 2. The predicted molar refractivity (Wildman–Crippen MR) is 120 cm³/mol. The van der Waals surface area contributed by atoms with Crippen LogP contribution in [0.1, 0.15) is 26.2 Å². The van der Waals surface area contributed by atoms with E-state index in [0.717, 1.165) is 43.8 Å². The van der Waals surface area contributed by atoms with Crippen molar-refractivity contribution in [2.24, 2.45) is 0 Å². The zero-order valence-corrected chi connectivity index (χ0v) is 17.9. The van der Waals surface area contributed by atoms with Crippen molar-refractivity contribution in [3.05, 3.63) is 48.5 Å². The summed E-state index contributed by atoms with van der Waals surface area (Å²) in [6.07, 6.45) is 2.62. The fourth-order valence-electron chi connectivity index (χ4n) is 4.08. The molecule has 0 aliphatic carbocycles. The van der Waals surface area contributed by atoms with Crippen LogP contribution in [0.5, 0.6) is 11.5 Å². The second-order valence-corrected chi connectivity index (χ2v) is 7.85. The van der Waals surface area contributed by atoms with Gasteiger partial charge < -0.3 is 24.6 Å². The van der Waals surface area contributed by atoms with Crippen LogP contribution in [0.2, 0.25) is 0 Å². The minimum Gasteiger partial charge on any atom is -0.494 e. The standard InChI is InChI=1S/C24H29N3O4/c1-2-30-19-12-10-18(11-13-19)25-23(28)17-27-16-22(24(29)26-14-6-3-7-15-26)31-21-9-5-4-8-20(21)27/h4-5,8-13,22H,2-3,6-7,14-17H2,1H3,(H,25,28)/t22-/m1/s1. The molecule has 1 fully saturated rings. The van der Waals surface area contributed by atoms with Crippen molar-refractivity contribution in [3.8, 4) is 11.5 Å². The summed E-state index contributed by atoms with van der Waals surface area (Å²) in [4.78, 5) is 29.6. The van der Waals surface area contributed by atoms with E-state index in [0.29, 0.717) is 24.6 Å². The zero-order chi connectivity index (χ0) is 21.6. The maximum atomic E-state index is 13.0. The highest BCUT2D eigenvalue weighted by molar-refractivity contribution is 5.95. The van der Waals surface area contributed by atoms with Crippen LogP contribution < -0.4 is 19.7 Å². The SMILES string of the molecule is CCOc1ccc(NC(=O)CN2C[C@H](C(=O)N3CCCCC3)Oc3ccccc32)cc1. The number of carbonyl (C=O) groups is 2. The minimum absolute atomic E-state index is 0.00567. The molecular weight excluding hydrogens is 394 g/mol. The first-order valence-corrected chi connectivity index (χ1v) is 11.0. The molecule has 0 radical (unpaired) electrons. The van der Waals surface area contributed by atoms with Gasteiger partial charge in [0, 0.05) is 18.8 Å². The number of para-hydroxylation sites is 2. The molecule has 2 aromatic carbocycles. The average Bonchev–Trinajstić information content (AvgIpc) is 2.80. The van der Waals surface area contributed by atoms with Gasteiger partial charge in [-0.05, 0) is 62.6 Å². The smallest absolute Gasteiger partial charge is 0.265 e. The van der Waals surface area contributed by atoms with Crippen LogP contribution in [0, 0.1) is 0 Å². The maximum absolute atomic E-state index is 13.0. The van der Waals surface area contributed by atoms with Gasteiger partial charge in [-0.25, -0.2) is 0 Å². The number of hydrogen-bond donors (Lipinski definition) is 1. The van der Waals surface area contributed by atoms with Crippen molar-refractivity contribution in [3.63, 3.8) is 0 Å². The van der Waals surface area contributed by atoms with Gasteiger partial charge in [0.05, 0.1) is 25.4 Å². The van der Waals surface area contributed by atoms with E-state index in [9.17, 15) is 9.59 Å². The molecule has 0 unspecified atom stereocenters. The molecule has 4 rings (SSSR count). The molecule has 0 saturated carbocycles. The average molecular weight is 424 g/mol. The van der Waals surface area contributed by atoms with Gasteiger partial charge in [-0.1, -0.05) is 12.1 Å². The summed E-state index contributed by atoms with van der Waals surface area (Å²) in [5, 5.41) is 2.92. The molecule has 31 heavy (non-hydrogen) atoms. The fourth-order valence-corrected chi connectivity index (χ4v) is 4.08.